The van der Waals surface area contributed by atoms with Gasteiger partial charge in [-0.25, -0.2) is 4.39 Å². The van der Waals surface area contributed by atoms with Crippen molar-refractivity contribution >= 4 is 12.4 Å². The number of rotatable bonds is 0. The minimum Gasteiger partial charge on any atom is -0.324 e. The molecule has 1 nitrogen and oxygen atoms in total. The fourth-order valence-electron chi connectivity index (χ4n) is 1.62. The molecule has 1 aliphatic carbocycles. The number of nitrogens with two attached hydrogens (primary N) is 1. The van der Waals surface area contributed by atoms with Gasteiger partial charge in [0.2, 0.25) is 0 Å². The first-order valence-corrected chi connectivity index (χ1v) is 3.81. The Balaban J connectivity index is 0.000000720. The molecule has 0 heterocycles. The quantitative estimate of drug-likeness (QED) is 0.662. The predicted octanol–water partition coefficient (Wildman–Crippen LogP) is 2.19. The molecule has 12 heavy (non-hydrogen) atoms. The van der Waals surface area contributed by atoms with Crippen LogP contribution in [0.1, 0.15) is 23.6 Å². The Hall–Kier alpha value is -0.600. The van der Waals surface area contributed by atoms with Crippen LogP contribution in [0.15, 0.2) is 18.2 Å². The summed E-state index contributed by atoms with van der Waals surface area (Å²) >= 11 is 0. The first-order chi connectivity index (χ1) is 5.27. The van der Waals surface area contributed by atoms with Crippen LogP contribution in [0, 0.1) is 5.82 Å². The molecule has 0 saturated heterocycles. The molecular formula is C9H11ClFN. The summed E-state index contributed by atoms with van der Waals surface area (Å²) in [6.45, 7) is 0. The van der Waals surface area contributed by atoms with Crippen molar-refractivity contribution in [3.8, 4) is 0 Å². The minimum absolute atomic E-state index is 0. The van der Waals surface area contributed by atoms with Crippen molar-refractivity contribution in [1.29, 1.82) is 0 Å². The third kappa shape index (κ3) is 1.45. The molecule has 0 bridgehead atoms. The average molecular weight is 188 g/mol. The summed E-state index contributed by atoms with van der Waals surface area (Å²) in [5.41, 5.74) is 7.97. The highest BCUT2D eigenvalue weighted by atomic mass is 35.5. The van der Waals surface area contributed by atoms with Crippen LogP contribution in [-0.2, 0) is 6.42 Å². The highest BCUT2D eigenvalue weighted by molar-refractivity contribution is 5.85. The van der Waals surface area contributed by atoms with Crippen molar-refractivity contribution in [3.05, 3.63) is 35.1 Å². The molecule has 0 unspecified atom stereocenters. The van der Waals surface area contributed by atoms with Crippen LogP contribution in [0.2, 0.25) is 0 Å². The summed E-state index contributed by atoms with van der Waals surface area (Å²) in [5, 5.41) is 0. The number of benzene rings is 1. The monoisotopic (exact) mass is 187 g/mol. The van der Waals surface area contributed by atoms with Crippen molar-refractivity contribution in [2.75, 3.05) is 0 Å². The molecule has 1 aromatic carbocycles. The van der Waals surface area contributed by atoms with E-state index in [1.54, 1.807) is 12.1 Å². The molecule has 0 fully saturated rings. The molecule has 1 atom stereocenters. The lowest BCUT2D eigenvalue weighted by Gasteiger charge is -2.02. The zero-order valence-corrected chi connectivity index (χ0v) is 7.40. The van der Waals surface area contributed by atoms with Gasteiger partial charge in [-0.05, 0) is 36.1 Å². The highest BCUT2D eigenvalue weighted by Crippen LogP contribution is 2.29. The summed E-state index contributed by atoms with van der Waals surface area (Å²) in [6, 6.07) is 4.99. The fourth-order valence-corrected chi connectivity index (χ4v) is 1.62. The van der Waals surface area contributed by atoms with Gasteiger partial charge in [0.15, 0.2) is 0 Å². The van der Waals surface area contributed by atoms with Crippen LogP contribution in [0.5, 0.6) is 0 Å². The normalized spacial score (nSPS) is 20.0. The van der Waals surface area contributed by atoms with Gasteiger partial charge >= 0.3 is 0 Å². The maximum atomic E-state index is 12.6. The van der Waals surface area contributed by atoms with E-state index in [4.69, 9.17) is 5.73 Å². The Kier molecular flexibility index (Phi) is 2.70. The molecule has 0 aliphatic heterocycles. The average Bonchev–Trinajstić information content (AvgIpc) is 2.32. The van der Waals surface area contributed by atoms with E-state index in [-0.39, 0.29) is 24.3 Å². The number of hydrogen-bond acceptors (Lipinski definition) is 1. The number of aryl methyl sites for hydroxylation is 1. The lowest BCUT2D eigenvalue weighted by Crippen LogP contribution is -2.04. The summed E-state index contributed by atoms with van der Waals surface area (Å²) in [4.78, 5) is 0. The van der Waals surface area contributed by atoms with E-state index in [2.05, 4.69) is 0 Å². The van der Waals surface area contributed by atoms with Gasteiger partial charge in [-0.2, -0.15) is 0 Å². The minimum atomic E-state index is -0.155. The third-order valence-corrected chi connectivity index (χ3v) is 2.23. The fraction of sp³-hybridized carbons (Fsp3) is 0.333. The molecule has 0 aromatic heterocycles. The van der Waals surface area contributed by atoms with Crippen molar-refractivity contribution in [2.45, 2.75) is 18.9 Å². The zero-order chi connectivity index (χ0) is 7.84. The van der Waals surface area contributed by atoms with E-state index in [1.807, 2.05) is 0 Å². The second kappa shape index (κ2) is 3.42. The van der Waals surface area contributed by atoms with Crippen molar-refractivity contribution < 1.29 is 4.39 Å². The summed E-state index contributed by atoms with van der Waals surface area (Å²) < 4.78 is 12.6. The second-order valence-electron chi connectivity index (χ2n) is 2.99. The standard InChI is InChI=1S/C9H10FN.ClH/c10-7-2-3-8-6(5-7)1-4-9(8)11;/h2-3,5,9H,1,4,11H2;1H/t9-;/m0./s1. The molecule has 1 aliphatic rings. The first-order valence-electron chi connectivity index (χ1n) is 3.81. The number of halogens is 2. The Morgan fingerprint density at radius 1 is 1.42 bits per heavy atom. The molecule has 66 valence electrons. The van der Waals surface area contributed by atoms with Crippen LogP contribution < -0.4 is 5.73 Å². The van der Waals surface area contributed by atoms with Crippen molar-refractivity contribution in [2.24, 2.45) is 5.73 Å². The van der Waals surface area contributed by atoms with Gasteiger partial charge in [-0.3, -0.25) is 0 Å². The van der Waals surface area contributed by atoms with Crippen LogP contribution in [0.4, 0.5) is 4.39 Å². The largest absolute Gasteiger partial charge is 0.324 e. The van der Waals surface area contributed by atoms with Gasteiger partial charge < -0.3 is 5.73 Å². The van der Waals surface area contributed by atoms with Crippen molar-refractivity contribution in [3.63, 3.8) is 0 Å². The van der Waals surface area contributed by atoms with Gasteiger partial charge in [0.1, 0.15) is 5.82 Å². The molecular weight excluding hydrogens is 177 g/mol. The van der Waals surface area contributed by atoms with Crippen LogP contribution >= 0.6 is 12.4 Å². The molecule has 2 rings (SSSR count). The summed E-state index contributed by atoms with van der Waals surface area (Å²) in [7, 11) is 0. The van der Waals surface area contributed by atoms with E-state index >= 15 is 0 Å². The first kappa shape index (κ1) is 9.49. The molecule has 3 heteroatoms. The van der Waals surface area contributed by atoms with E-state index in [1.165, 1.54) is 6.07 Å². The molecule has 0 amide bonds. The zero-order valence-electron chi connectivity index (χ0n) is 6.59. The second-order valence-corrected chi connectivity index (χ2v) is 2.99. The number of hydrogen-bond donors (Lipinski definition) is 1. The van der Waals surface area contributed by atoms with E-state index in [0.29, 0.717) is 0 Å². The van der Waals surface area contributed by atoms with E-state index in [9.17, 15) is 4.39 Å². The number of fused-ring (bicyclic) bond motifs is 1. The molecule has 2 N–H and O–H groups in total. The van der Waals surface area contributed by atoms with Gasteiger partial charge in [0.25, 0.3) is 0 Å². The molecule has 0 radical (unpaired) electrons. The topological polar surface area (TPSA) is 26.0 Å². The van der Waals surface area contributed by atoms with Gasteiger partial charge in [0.05, 0.1) is 0 Å². The maximum absolute atomic E-state index is 12.6. The van der Waals surface area contributed by atoms with E-state index in [0.717, 1.165) is 24.0 Å². The lowest BCUT2D eigenvalue weighted by atomic mass is 10.1. The smallest absolute Gasteiger partial charge is 0.123 e. The maximum Gasteiger partial charge on any atom is 0.123 e. The predicted molar refractivity (Wildman–Crippen MR) is 48.9 cm³/mol. The third-order valence-electron chi connectivity index (χ3n) is 2.23. The Morgan fingerprint density at radius 3 is 2.92 bits per heavy atom. The van der Waals surface area contributed by atoms with Crippen LogP contribution in [0.3, 0.4) is 0 Å². The van der Waals surface area contributed by atoms with Gasteiger partial charge in [-0.15, -0.1) is 12.4 Å². The molecule has 0 spiro atoms. The molecule has 1 aromatic rings. The van der Waals surface area contributed by atoms with Crippen LogP contribution in [0.25, 0.3) is 0 Å². The summed E-state index contributed by atoms with van der Waals surface area (Å²) in [5.74, 6) is -0.155. The van der Waals surface area contributed by atoms with Gasteiger partial charge in [0, 0.05) is 6.04 Å². The van der Waals surface area contributed by atoms with Gasteiger partial charge in [-0.1, -0.05) is 6.07 Å². The SMILES string of the molecule is Cl.N[C@H]1CCc2cc(F)ccc21. The van der Waals surface area contributed by atoms with Crippen LogP contribution in [-0.4, -0.2) is 0 Å². The highest BCUT2D eigenvalue weighted by Gasteiger charge is 2.18. The van der Waals surface area contributed by atoms with E-state index < -0.39 is 0 Å². The Bertz CT molecular complexity index is 288. The Labute approximate surface area is 77.2 Å². The lowest BCUT2D eigenvalue weighted by molar-refractivity contribution is 0.625. The Morgan fingerprint density at radius 2 is 2.17 bits per heavy atom. The molecule has 0 saturated carbocycles. The summed E-state index contributed by atoms with van der Waals surface area (Å²) in [6.07, 6.45) is 1.88. The van der Waals surface area contributed by atoms with Crippen molar-refractivity contribution in [1.82, 2.24) is 0 Å².